The highest BCUT2D eigenvalue weighted by atomic mass is 16.5. The number of ether oxygens (including phenoxy) is 1. The maximum atomic E-state index is 10.8. The van der Waals surface area contributed by atoms with Crippen molar-refractivity contribution in [2.24, 2.45) is 5.92 Å². The number of aromatic nitrogens is 1. The third-order valence-electron chi connectivity index (χ3n) is 2.24. The lowest BCUT2D eigenvalue weighted by Gasteiger charge is -2.11. The van der Waals surface area contributed by atoms with Crippen LogP contribution in [-0.4, -0.2) is 22.7 Å². The van der Waals surface area contributed by atoms with Crippen molar-refractivity contribution in [3.05, 3.63) is 24.0 Å². The number of carboxylic acid groups (broad SMARTS) is 1. The van der Waals surface area contributed by atoms with E-state index in [0.717, 1.165) is 6.42 Å². The first kappa shape index (κ1) is 11.5. The van der Waals surface area contributed by atoms with Crippen molar-refractivity contribution in [1.29, 1.82) is 0 Å². The summed E-state index contributed by atoms with van der Waals surface area (Å²) in [6.45, 7) is 4.63. The zero-order chi connectivity index (χ0) is 11.3. The van der Waals surface area contributed by atoms with Crippen molar-refractivity contribution < 1.29 is 14.6 Å². The summed E-state index contributed by atoms with van der Waals surface area (Å²) in [5.41, 5.74) is 0.160. The Bertz CT molecular complexity index is 338. The summed E-state index contributed by atoms with van der Waals surface area (Å²) in [5, 5.41) is 8.88. The van der Waals surface area contributed by atoms with E-state index in [4.69, 9.17) is 9.84 Å². The lowest BCUT2D eigenvalue weighted by atomic mass is 10.1. The van der Waals surface area contributed by atoms with E-state index in [1.807, 2.05) is 0 Å². The van der Waals surface area contributed by atoms with Crippen LogP contribution in [0.25, 0.3) is 0 Å². The number of rotatable bonds is 5. The highest BCUT2D eigenvalue weighted by molar-refractivity contribution is 5.90. The quantitative estimate of drug-likeness (QED) is 0.807. The highest BCUT2D eigenvalue weighted by Crippen LogP contribution is 2.17. The average molecular weight is 209 g/mol. The van der Waals surface area contributed by atoms with Crippen LogP contribution in [0.3, 0.4) is 0 Å². The Kier molecular flexibility index (Phi) is 4.09. The molecule has 0 radical (unpaired) electrons. The summed E-state index contributed by atoms with van der Waals surface area (Å²) in [6.07, 6.45) is 3.88. The maximum Gasteiger partial charge on any atom is 0.339 e. The topological polar surface area (TPSA) is 59.4 Å². The van der Waals surface area contributed by atoms with E-state index in [1.54, 1.807) is 0 Å². The van der Waals surface area contributed by atoms with Crippen molar-refractivity contribution in [2.45, 2.75) is 20.3 Å². The van der Waals surface area contributed by atoms with Gasteiger partial charge in [-0.2, -0.15) is 0 Å². The average Bonchev–Trinajstić information content (AvgIpc) is 2.26. The van der Waals surface area contributed by atoms with Crippen LogP contribution in [-0.2, 0) is 0 Å². The summed E-state index contributed by atoms with van der Waals surface area (Å²) < 4.78 is 5.41. The normalized spacial score (nSPS) is 12.1. The van der Waals surface area contributed by atoms with Crippen LogP contribution in [0.5, 0.6) is 5.75 Å². The van der Waals surface area contributed by atoms with Crippen LogP contribution in [0.2, 0.25) is 0 Å². The smallest absolute Gasteiger partial charge is 0.339 e. The summed E-state index contributed by atoms with van der Waals surface area (Å²) in [7, 11) is 0. The minimum Gasteiger partial charge on any atom is -0.491 e. The maximum absolute atomic E-state index is 10.8. The molecule has 82 valence electrons. The third kappa shape index (κ3) is 3.23. The SMILES string of the molecule is CCC(C)COc1cnccc1C(=O)O. The molecule has 1 atom stereocenters. The molecule has 0 bridgehead atoms. The van der Waals surface area contributed by atoms with Gasteiger partial charge in [-0.25, -0.2) is 4.79 Å². The molecule has 0 amide bonds. The molecule has 0 aliphatic heterocycles. The monoisotopic (exact) mass is 209 g/mol. The van der Waals surface area contributed by atoms with E-state index in [1.165, 1.54) is 18.5 Å². The Morgan fingerprint density at radius 2 is 2.40 bits per heavy atom. The molecule has 15 heavy (non-hydrogen) atoms. The molecule has 0 fully saturated rings. The summed E-state index contributed by atoms with van der Waals surface area (Å²) in [5.74, 6) is -0.242. The predicted molar refractivity (Wildman–Crippen MR) is 56.1 cm³/mol. The Hall–Kier alpha value is -1.58. The lowest BCUT2D eigenvalue weighted by molar-refractivity contribution is 0.0691. The van der Waals surface area contributed by atoms with Gasteiger partial charge in [-0.3, -0.25) is 4.98 Å². The molecule has 0 saturated heterocycles. The first-order valence-corrected chi connectivity index (χ1v) is 4.95. The molecular weight excluding hydrogens is 194 g/mol. The minimum atomic E-state index is -0.989. The van der Waals surface area contributed by atoms with E-state index < -0.39 is 5.97 Å². The number of hydrogen-bond donors (Lipinski definition) is 1. The van der Waals surface area contributed by atoms with Crippen molar-refractivity contribution in [2.75, 3.05) is 6.61 Å². The van der Waals surface area contributed by atoms with E-state index in [0.29, 0.717) is 18.3 Å². The Balaban J connectivity index is 2.72. The zero-order valence-corrected chi connectivity index (χ0v) is 8.93. The molecule has 0 aromatic carbocycles. The van der Waals surface area contributed by atoms with Gasteiger partial charge in [0, 0.05) is 6.20 Å². The summed E-state index contributed by atoms with van der Waals surface area (Å²) in [4.78, 5) is 14.7. The molecule has 1 N–H and O–H groups in total. The molecule has 0 saturated carbocycles. The van der Waals surface area contributed by atoms with Gasteiger partial charge >= 0.3 is 5.97 Å². The van der Waals surface area contributed by atoms with E-state index >= 15 is 0 Å². The fourth-order valence-electron chi connectivity index (χ4n) is 1.02. The number of pyridine rings is 1. The van der Waals surface area contributed by atoms with Crippen molar-refractivity contribution in [3.8, 4) is 5.75 Å². The third-order valence-corrected chi connectivity index (χ3v) is 2.24. The molecule has 1 unspecified atom stereocenters. The minimum absolute atomic E-state index is 0.160. The zero-order valence-electron chi connectivity index (χ0n) is 8.93. The second-order valence-corrected chi connectivity index (χ2v) is 3.50. The van der Waals surface area contributed by atoms with Crippen LogP contribution < -0.4 is 4.74 Å². The first-order chi connectivity index (χ1) is 7.15. The molecule has 0 aliphatic carbocycles. The molecule has 1 heterocycles. The standard InChI is InChI=1S/C11H15NO3/c1-3-8(2)7-15-10-6-12-5-4-9(10)11(13)14/h4-6,8H,3,7H2,1-2H3,(H,13,14). The fourth-order valence-corrected chi connectivity index (χ4v) is 1.02. The van der Waals surface area contributed by atoms with Crippen LogP contribution in [0.15, 0.2) is 18.5 Å². The summed E-state index contributed by atoms with van der Waals surface area (Å²) in [6, 6.07) is 1.44. The molecular formula is C11H15NO3. The fraction of sp³-hybridized carbons (Fsp3) is 0.455. The molecule has 0 aliphatic rings. The molecule has 1 aromatic rings. The molecule has 1 aromatic heterocycles. The second kappa shape index (κ2) is 5.34. The van der Waals surface area contributed by atoms with Gasteiger partial charge in [0.2, 0.25) is 0 Å². The van der Waals surface area contributed by atoms with Gasteiger partial charge in [0.15, 0.2) is 5.75 Å². The Labute approximate surface area is 88.9 Å². The molecule has 4 heteroatoms. The molecule has 1 rings (SSSR count). The van der Waals surface area contributed by atoms with Crippen molar-refractivity contribution in [1.82, 2.24) is 4.98 Å². The number of aromatic carboxylic acids is 1. The van der Waals surface area contributed by atoms with Crippen LogP contribution in [0.1, 0.15) is 30.6 Å². The van der Waals surface area contributed by atoms with E-state index in [-0.39, 0.29) is 5.56 Å². The summed E-state index contributed by atoms with van der Waals surface area (Å²) >= 11 is 0. The largest absolute Gasteiger partial charge is 0.491 e. The number of carboxylic acids is 1. The number of nitrogens with zero attached hydrogens (tertiary/aromatic N) is 1. The van der Waals surface area contributed by atoms with Gasteiger partial charge in [-0.1, -0.05) is 20.3 Å². The molecule has 4 nitrogen and oxygen atoms in total. The number of carbonyl (C=O) groups is 1. The first-order valence-electron chi connectivity index (χ1n) is 4.95. The van der Waals surface area contributed by atoms with Gasteiger partial charge in [0.05, 0.1) is 12.8 Å². The predicted octanol–water partition coefficient (Wildman–Crippen LogP) is 2.20. The Morgan fingerprint density at radius 3 is 3.00 bits per heavy atom. The van der Waals surface area contributed by atoms with Crippen LogP contribution >= 0.6 is 0 Å². The van der Waals surface area contributed by atoms with Crippen molar-refractivity contribution in [3.63, 3.8) is 0 Å². The van der Waals surface area contributed by atoms with E-state index in [9.17, 15) is 4.79 Å². The van der Waals surface area contributed by atoms with Crippen LogP contribution in [0, 0.1) is 5.92 Å². The number of hydrogen-bond acceptors (Lipinski definition) is 3. The van der Waals surface area contributed by atoms with Gasteiger partial charge in [-0.15, -0.1) is 0 Å². The van der Waals surface area contributed by atoms with Gasteiger partial charge in [0.1, 0.15) is 5.56 Å². The molecule has 0 spiro atoms. The van der Waals surface area contributed by atoms with Gasteiger partial charge < -0.3 is 9.84 Å². The highest BCUT2D eigenvalue weighted by Gasteiger charge is 2.11. The second-order valence-electron chi connectivity index (χ2n) is 3.50. The van der Waals surface area contributed by atoms with Gasteiger partial charge in [0.25, 0.3) is 0 Å². The van der Waals surface area contributed by atoms with Crippen LogP contribution in [0.4, 0.5) is 0 Å². The van der Waals surface area contributed by atoms with E-state index in [2.05, 4.69) is 18.8 Å². The Morgan fingerprint density at radius 1 is 1.67 bits per heavy atom. The van der Waals surface area contributed by atoms with Crippen molar-refractivity contribution >= 4 is 5.97 Å². The lowest BCUT2D eigenvalue weighted by Crippen LogP contribution is -2.10. The van der Waals surface area contributed by atoms with Gasteiger partial charge in [-0.05, 0) is 12.0 Å².